The highest BCUT2D eigenvalue weighted by atomic mass is 35.5. The van der Waals surface area contributed by atoms with Crippen molar-refractivity contribution in [3.8, 4) is 0 Å². The van der Waals surface area contributed by atoms with Crippen LogP contribution in [-0.2, 0) is 12.6 Å². The number of hydrogen-bond donors (Lipinski definition) is 0. The molecule has 140 valence electrons. The van der Waals surface area contributed by atoms with Gasteiger partial charge in [0.15, 0.2) is 5.69 Å². The van der Waals surface area contributed by atoms with Crippen molar-refractivity contribution in [3.63, 3.8) is 0 Å². The summed E-state index contributed by atoms with van der Waals surface area (Å²) in [5.74, 6) is -0.389. The maximum absolute atomic E-state index is 13.0. The number of aromatic nitrogens is 2. The molecule has 0 radical (unpaired) electrons. The standard InChI is InChI=1S/C18H14ClF3N4O/c1-24-16-8-12(18(20,21)22)3-2-11(16)6-7-26(24)17(27)15-9-14-5-4-13(19)10-25(14)23-15/h2-5,8-10H,6-7H2,1H3. The van der Waals surface area contributed by atoms with E-state index in [0.29, 0.717) is 29.2 Å². The number of nitrogens with zero attached hydrogens (tertiary/aromatic N) is 4. The number of pyridine rings is 1. The summed E-state index contributed by atoms with van der Waals surface area (Å²) in [7, 11) is 1.57. The molecule has 2 aromatic heterocycles. The van der Waals surface area contributed by atoms with Gasteiger partial charge in [0.05, 0.1) is 21.8 Å². The molecule has 0 aliphatic carbocycles. The molecule has 0 unspecified atom stereocenters. The molecule has 9 heteroatoms. The molecule has 4 rings (SSSR count). The maximum atomic E-state index is 13.0. The Labute approximate surface area is 157 Å². The third-order valence-electron chi connectivity index (χ3n) is 4.59. The Morgan fingerprint density at radius 2 is 1.96 bits per heavy atom. The van der Waals surface area contributed by atoms with Gasteiger partial charge in [0, 0.05) is 19.8 Å². The van der Waals surface area contributed by atoms with Crippen LogP contribution in [0.1, 0.15) is 21.6 Å². The number of hydrogen-bond acceptors (Lipinski definition) is 3. The summed E-state index contributed by atoms with van der Waals surface area (Å²) in [5, 5.41) is 7.56. The van der Waals surface area contributed by atoms with Gasteiger partial charge < -0.3 is 0 Å². The van der Waals surface area contributed by atoms with E-state index in [9.17, 15) is 18.0 Å². The van der Waals surface area contributed by atoms with Crippen LogP contribution in [0.15, 0.2) is 42.6 Å². The minimum absolute atomic E-state index is 0.194. The van der Waals surface area contributed by atoms with Crippen molar-refractivity contribution >= 4 is 28.7 Å². The Morgan fingerprint density at radius 3 is 2.70 bits per heavy atom. The third-order valence-corrected chi connectivity index (χ3v) is 4.82. The Morgan fingerprint density at radius 1 is 1.19 bits per heavy atom. The second-order valence-corrected chi connectivity index (χ2v) is 6.73. The molecule has 0 atom stereocenters. The van der Waals surface area contributed by atoms with Gasteiger partial charge in [-0.2, -0.15) is 18.3 Å². The van der Waals surface area contributed by atoms with E-state index < -0.39 is 11.7 Å². The van der Waals surface area contributed by atoms with Crippen molar-refractivity contribution in [1.29, 1.82) is 0 Å². The molecule has 1 aliphatic rings. The molecule has 0 fully saturated rings. The number of amides is 1. The van der Waals surface area contributed by atoms with Crippen LogP contribution in [0, 0.1) is 0 Å². The third kappa shape index (κ3) is 3.10. The van der Waals surface area contributed by atoms with E-state index in [1.165, 1.54) is 20.6 Å². The Bertz CT molecular complexity index is 1050. The second-order valence-electron chi connectivity index (χ2n) is 6.29. The van der Waals surface area contributed by atoms with E-state index in [0.717, 1.165) is 17.7 Å². The highest BCUT2D eigenvalue weighted by Gasteiger charge is 2.34. The zero-order valence-electron chi connectivity index (χ0n) is 14.2. The number of halogens is 4. The number of rotatable bonds is 1. The van der Waals surface area contributed by atoms with Gasteiger partial charge in [-0.15, -0.1) is 0 Å². The molecule has 0 saturated heterocycles. The summed E-state index contributed by atoms with van der Waals surface area (Å²) in [6.07, 6.45) is -2.40. The van der Waals surface area contributed by atoms with Crippen LogP contribution in [0.4, 0.5) is 18.9 Å². The molecular weight excluding hydrogens is 381 g/mol. The molecule has 3 heterocycles. The lowest BCUT2D eigenvalue weighted by Gasteiger charge is -2.38. The molecule has 5 nitrogen and oxygen atoms in total. The summed E-state index contributed by atoms with van der Waals surface area (Å²) in [6.45, 7) is 0.350. The van der Waals surface area contributed by atoms with Crippen LogP contribution in [0.5, 0.6) is 0 Å². The van der Waals surface area contributed by atoms with Crippen molar-refractivity contribution in [2.24, 2.45) is 0 Å². The lowest BCUT2D eigenvalue weighted by molar-refractivity contribution is -0.137. The van der Waals surface area contributed by atoms with Gasteiger partial charge in [0.25, 0.3) is 5.91 Å². The molecule has 1 aliphatic heterocycles. The van der Waals surface area contributed by atoms with E-state index in [-0.39, 0.29) is 11.6 Å². The smallest absolute Gasteiger partial charge is 0.285 e. The van der Waals surface area contributed by atoms with Gasteiger partial charge >= 0.3 is 6.18 Å². The van der Waals surface area contributed by atoms with Crippen molar-refractivity contribution < 1.29 is 18.0 Å². The van der Waals surface area contributed by atoms with E-state index >= 15 is 0 Å². The highest BCUT2D eigenvalue weighted by Crippen LogP contribution is 2.35. The second kappa shape index (κ2) is 6.16. The van der Waals surface area contributed by atoms with Crippen LogP contribution >= 0.6 is 11.6 Å². The van der Waals surface area contributed by atoms with E-state index in [2.05, 4.69) is 5.10 Å². The molecule has 0 bridgehead atoms. The first-order valence-corrected chi connectivity index (χ1v) is 8.52. The molecule has 3 aromatic rings. The highest BCUT2D eigenvalue weighted by molar-refractivity contribution is 6.30. The van der Waals surface area contributed by atoms with E-state index in [4.69, 9.17) is 11.6 Å². The fourth-order valence-electron chi connectivity index (χ4n) is 3.20. The Balaban J connectivity index is 1.67. The monoisotopic (exact) mass is 394 g/mol. The van der Waals surface area contributed by atoms with Gasteiger partial charge in [-0.05, 0) is 42.3 Å². The predicted octanol–water partition coefficient (Wildman–Crippen LogP) is 4.06. The van der Waals surface area contributed by atoms with Crippen LogP contribution in [0.2, 0.25) is 5.02 Å². The van der Waals surface area contributed by atoms with Gasteiger partial charge in [0.2, 0.25) is 0 Å². The van der Waals surface area contributed by atoms with Crippen molar-refractivity contribution in [2.75, 3.05) is 18.6 Å². The first-order chi connectivity index (χ1) is 12.7. The number of anilines is 1. The SMILES string of the molecule is CN1c2cc(C(F)(F)F)ccc2CCN1C(=O)c1cc2ccc(Cl)cn2n1. The summed E-state index contributed by atoms with van der Waals surface area (Å²) in [6, 6.07) is 8.64. The Hall–Kier alpha value is -2.74. The van der Waals surface area contributed by atoms with Crippen LogP contribution in [0.25, 0.3) is 5.52 Å². The normalized spacial score (nSPS) is 14.6. The van der Waals surface area contributed by atoms with Gasteiger partial charge in [0.1, 0.15) is 0 Å². The largest absolute Gasteiger partial charge is 0.416 e. The summed E-state index contributed by atoms with van der Waals surface area (Å²) < 4.78 is 40.6. The zero-order chi connectivity index (χ0) is 19.3. The maximum Gasteiger partial charge on any atom is 0.416 e. The molecule has 0 saturated carbocycles. The fourth-order valence-corrected chi connectivity index (χ4v) is 3.35. The lowest BCUT2D eigenvalue weighted by Crippen LogP contribution is -2.48. The number of carbonyl (C=O) groups is 1. The van der Waals surface area contributed by atoms with Gasteiger partial charge in [-0.25, -0.2) is 9.52 Å². The average Bonchev–Trinajstić information content (AvgIpc) is 3.03. The minimum atomic E-state index is -4.44. The first-order valence-electron chi connectivity index (χ1n) is 8.14. The van der Waals surface area contributed by atoms with Gasteiger partial charge in [-0.3, -0.25) is 9.80 Å². The van der Waals surface area contributed by atoms with Crippen molar-refractivity contribution in [3.05, 3.63) is 64.4 Å². The number of benzene rings is 1. The Kier molecular flexibility index (Phi) is 4.03. The molecule has 0 N–H and O–H groups in total. The first kappa shape index (κ1) is 17.7. The van der Waals surface area contributed by atoms with Crippen LogP contribution in [-0.4, -0.2) is 34.1 Å². The summed E-state index contributed by atoms with van der Waals surface area (Å²) in [4.78, 5) is 12.9. The summed E-state index contributed by atoms with van der Waals surface area (Å²) >= 11 is 5.93. The molecular formula is C18H14ClF3N4O. The predicted molar refractivity (Wildman–Crippen MR) is 94.8 cm³/mol. The van der Waals surface area contributed by atoms with Crippen molar-refractivity contribution in [1.82, 2.24) is 14.6 Å². The molecule has 1 amide bonds. The quantitative estimate of drug-likeness (QED) is 0.625. The van der Waals surface area contributed by atoms with Crippen LogP contribution < -0.4 is 5.01 Å². The van der Waals surface area contributed by atoms with E-state index in [1.807, 2.05) is 0 Å². The number of alkyl halides is 3. The topological polar surface area (TPSA) is 40.9 Å². The van der Waals surface area contributed by atoms with Crippen LogP contribution in [0.3, 0.4) is 0 Å². The zero-order valence-corrected chi connectivity index (χ0v) is 14.9. The lowest BCUT2D eigenvalue weighted by atomic mass is 10.0. The van der Waals surface area contributed by atoms with E-state index in [1.54, 1.807) is 31.4 Å². The number of fused-ring (bicyclic) bond motifs is 2. The van der Waals surface area contributed by atoms with Gasteiger partial charge in [-0.1, -0.05) is 17.7 Å². The minimum Gasteiger partial charge on any atom is -0.285 e. The number of carbonyl (C=O) groups excluding carboxylic acids is 1. The molecule has 0 spiro atoms. The van der Waals surface area contributed by atoms with Crippen molar-refractivity contribution in [2.45, 2.75) is 12.6 Å². The fraction of sp³-hybridized carbons (Fsp3) is 0.222. The summed E-state index contributed by atoms with van der Waals surface area (Å²) in [5.41, 5.74) is 1.26. The molecule has 27 heavy (non-hydrogen) atoms. The molecule has 1 aromatic carbocycles. The average molecular weight is 395 g/mol. The number of hydrazine groups is 1.